The molecule has 25 nitrogen and oxygen atoms in total. The topological polar surface area (TPSA) is 332 Å². The van der Waals surface area contributed by atoms with E-state index in [0.717, 1.165) is 27.8 Å². The summed E-state index contributed by atoms with van der Waals surface area (Å²) in [6.45, 7) is 5.29. The standard InChI is InChI=1S/2C18H14F2N2O2.C14H11FN2O4.C14H13FN2O2.C12H11FN2O.C4H4N2O2.CH4/c19-15-5-1-13(2-6-15)10-22-12-21-9-17(22)18(23)24-11-14-3-7-16(20)8-4-14;19-15-5-1-13(2-6-15)9-22-10-17(21-12-22)18(23)24-11-14-3-7-16(20)8-4-14;15-10-3-1-9(2-4-10)6-17-7-11(16-8-17)12(18)5-13(19)14(20)21;1-10(18)6-14(19)13-8-17(9-16-13)7-11-2-4-12(15)5-3-11;1-9(16)12-7-15(8-14-12)6-10-2-4-11(13)5-3-10;7-4(8)3-1-5-2-6-3;/h1-9,12H,10-11H2;1-8,10,12H,9,11H2;1-4,7-8H,5-6H2,(H,20,21);2-5,8-9H,6-7H2,1H3;2-5,7-8H,6H2,1H3;1-2H,(H,5,6)(H,7,8);1H4/p+1. The van der Waals surface area contributed by atoms with E-state index in [0.29, 0.717) is 55.2 Å². The van der Waals surface area contributed by atoms with Crippen LogP contribution in [0.5, 0.6) is 0 Å². The average Bonchev–Trinajstić information content (AvgIpc) is 1.75. The van der Waals surface area contributed by atoms with Crippen LogP contribution in [-0.4, -0.2) is 116 Å². The van der Waals surface area contributed by atoms with Crippen molar-refractivity contribution in [3.63, 3.8) is 0 Å². The molecule has 13 rings (SSSR count). The number of aromatic amines is 2. The van der Waals surface area contributed by atoms with Gasteiger partial charge in [0, 0.05) is 57.9 Å². The Morgan fingerprint density at radius 2 is 0.752 bits per heavy atom. The summed E-state index contributed by atoms with van der Waals surface area (Å²) in [7, 11) is 0. The van der Waals surface area contributed by atoms with Gasteiger partial charge in [0.1, 0.15) is 95.2 Å². The number of rotatable bonds is 25. The molecule has 0 bridgehead atoms. The first kappa shape index (κ1) is 85.8. The maximum atomic E-state index is 12.9. The normalized spacial score (nSPS) is 10.3. The zero-order chi connectivity index (χ0) is 80.6. The van der Waals surface area contributed by atoms with Crippen molar-refractivity contribution >= 4 is 52.8 Å². The highest BCUT2D eigenvalue weighted by molar-refractivity contribution is 6.37. The Bertz CT molecular complexity index is 5280. The summed E-state index contributed by atoms with van der Waals surface area (Å²) in [5.74, 6) is -8.20. The number of carboxylic acids is 2. The quantitative estimate of drug-likeness (QED) is 0.0103. The van der Waals surface area contributed by atoms with E-state index in [1.54, 1.807) is 139 Å². The van der Waals surface area contributed by atoms with Crippen LogP contribution >= 0.6 is 0 Å². The number of carboxylic acid groups (broad SMARTS) is 2. The molecule has 7 aromatic carbocycles. The average molecular weight is 1550 g/mol. The number of aromatic carboxylic acids is 1. The Hall–Kier alpha value is -14.5. The number of aliphatic carboxylic acids is 1. The molecule has 0 amide bonds. The molecule has 0 aliphatic heterocycles. The predicted octanol–water partition coefficient (Wildman–Crippen LogP) is 13.1. The molecule has 0 atom stereocenters. The lowest BCUT2D eigenvalue weighted by Gasteiger charge is -2.05. The molecule has 113 heavy (non-hydrogen) atoms. The number of hydrogen-bond donors (Lipinski definition) is 4. The number of ketones is 5. The van der Waals surface area contributed by atoms with Crippen LogP contribution in [0.15, 0.2) is 245 Å². The number of carbonyl (C=O) groups is 9. The summed E-state index contributed by atoms with van der Waals surface area (Å²) < 4.78 is 109. The molecule has 32 heteroatoms. The second-order valence-corrected chi connectivity index (χ2v) is 24.2. The summed E-state index contributed by atoms with van der Waals surface area (Å²) in [4.78, 5) is 125. The monoisotopic (exact) mass is 1550 g/mol. The van der Waals surface area contributed by atoms with E-state index in [-0.39, 0.29) is 108 Å². The van der Waals surface area contributed by atoms with E-state index in [1.165, 1.54) is 143 Å². The zero-order valence-electron chi connectivity index (χ0n) is 59.5. The van der Waals surface area contributed by atoms with Gasteiger partial charge in [0.2, 0.25) is 12.1 Å². The van der Waals surface area contributed by atoms with Crippen molar-refractivity contribution in [3.8, 4) is 0 Å². The van der Waals surface area contributed by atoms with E-state index < -0.39 is 41.9 Å². The maximum Gasteiger partial charge on any atom is 0.382 e. The number of imidazole rings is 6. The van der Waals surface area contributed by atoms with Gasteiger partial charge in [-0.3, -0.25) is 24.0 Å². The summed E-state index contributed by atoms with van der Waals surface area (Å²) in [6.07, 6.45) is 17.2. The Balaban J connectivity index is 0.000000192. The van der Waals surface area contributed by atoms with Crippen LogP contribution in [-0.2, 0) is 69.8 Å². The first-order valence-electron chi connectivity index (χ1n) is 33.4. The Labute approximate surface area is 640 Å². The van der Waals surface area contributed by atoms with Gasteiger partial charge >= 0.3 is 23.9 Å². The molecule has 0 unspecified atom stereocenters. The Morgan fingerprint density at radius 1 is 0.425 bits per heavy atom. The molecule has 582 valence electrons. The highest BCUT2D eigenvalue weighted by Gasteiger charge is 2.22. The van der Waals surface area contributed by atoms with E-state index in [4.69, 9.17) is 19.7 Å². The third kappa shape index (κ3) is 29.2. The van der Waals surface area contributed by atoms with Crippen LogP contribution in [0.4, 0.5) is 30.7 Å². The second-order valence-electron chi connectivity index (χ2n) is 24.2. The smallest absolute Gasteiger partial charge is 0.382 e. The number of carbonyl (C=O) groups excluding carboxylic acids is 7. The van der Waals surface area contributed by atoms with Crippen molar-refractivity contribution in [1.82, 2.24) is 53.2 Å². The van der Waals surface area contributed by atoms with Crippen molar-refractivity contribution in [2.75, 3.05) is 0 Å². The molecule has 0 aliphatic carbocycles. The minimum atomic E-state index is -1.64. The Morgan fingerprint density at radius 3 is 1.08 bits per heavy atom. The lowest BCUT2D eigenvalue weighted by molar-refractivity contribution is -0.689. The van der Waals surface area contributed by atoms with Crippen molar-refractivity contribution in [2.24, 2.45) is 0 Å². The first-order valence-corrected chi connectivity index (χ1v) is 33.4. The fourth-order valence-corrected chi connectivity index (χ4v) is 9.62. The van der Waals surface area contributed by atoms with Gasteiger partial charge in [-0.2, -0.15) is 0 Å². The minimum Gasteiger partial charge on any atom is -0.477 e. The molecular weight excluding hydrogens is 1480 g/mol. The fourth-order valence-electron chi connectivity index (χ4n) is 9.62. The largest absolute Gasteiger partial charge is 0.477 e. The number of nitrogens with zero attached hydrogens (tertiary/aromatic N) is 10. The first-order chi connectivity index (χ1) is 53.7. The third-order valence-corrected chi connectivity index (χ3v) is 15.3. The molecule has 6 heterocycles. The van der Waals surface area contributed by atoms with Gasteiger partial charge in [0.15, 0.2) is 23.0 Å². The molecule has 0 spiro atoms. The zero-order valence-corrected chi connectivity index (χ0v) is 59.5. The molecule has 6 aromatic heterocycles. The van der Waals surface area contributed by atoms with Gasteiger partial charge in [0.05, 0.1) is 50.7 Å². The lowest BCUT2D eigenvalue weighted by atomic mass is 10.1. The van der Waals surface area contributed by atoms with E-state index in [2.05, 4.69) is 34.9 Å². The number of H-pyrrole nitrogens is 2. The van der Waals surface area contributed by atoms with Crippen LogP contribution in [0.25, 0.3) is 0 Å². The number of esters is 2. The summed E-state index contributed by atoms with van der Waals surface area (Å²) in [6, 6.07) is 41.8. The molecule has 0 radical (unpaired) electrons. The summed E-state index contributed by atoms with van der Waals surface area (Å²) in [5, 5.41) is 16.6. The van der Waals surface area contributed by atoms with Crippen LogP contribution < -0.4 is 4.57 Å². The van der Waals surface area contributed by atoms with E-state index in [1.807, 2.05) is 0 Å². The van der Waals surface area contributed by atoms with Gasteiger partial charge in [-0.05, 0) is 131 Å². The number of nitrogens with one attached hydrogen (secondary N) is 2. The van der Waals surface area contributed by atoms with Gasteiger partial charge in [-0.25, -0.2) is 84.4 Å². The molecule has 0 aliphatic rings. The summed E-state index contributed by atoms with van der Waals surface area (Å²) >= 11 is 0. The van der Waals surface area contributed by atoms with Crippen LogP contribution in [0.3, 0.4) is 0 Å². The third-order valence-electron chi connectivity index (χ3n) is 15.3. The van der Waals surface area contributed by atoms with Crippen LogP contribution in [0.1, 0.15) is 136 Å². The van der Waals surface area contributed by atoms with E-state index in [9.17, 15) is 73.9 Å². The molecular formula is C81H72F7N12O13+. The van der Waals surface area contributed by atoms with Gasteiger partial charge in [0.25, 0.3) is 5.69 Å². The minimum absolute atomic E-state index is 0. The van der Waals surface area contributed by atoms with Crippen molar-refractivity contribution < 1.29 is 98.1 Å². The Kier molecular flexibility index (Phi) is 32.6. The van der Waals surface area contributed by atoms with Gasteiger partial charge in [-0.1, -0.05) is 92.4 Å². The molecule has 0 saturated heterocycles. The van der Waals surface area contributed by atoms with Gasteiger partial charge < -0.3 is 42.9 Å². The number of aromatic nitrogens is 12. The fraction of sp³-hybridized carbons (Fsp3) is 0.148. The molecule has 0 fully saturated rings. The van der Waals surface area contributed by atoms with Crippen molar-refractivity contribution in [3.05, 3.63) is 359 Å². The summed E-state index contributed by atoms with van der Waals surface area (Å²) in [5.41, 5.74) is 7.21. The number of halogens is 7. The van der Waals surface area contributed by atoms with E-state index >= 15 is 0 Å². The number of ether oxygens (including phenoxy) is 2. The number of benzene rings is 7. The number of hydrogen-bond acceptors (Lipinski definition) is 16. The van der Waals surface area contributed by atoms with Crippen LogP contribution in [0.2, 0.25) is 0 Å². The number of Topliss-reactive ketones (excluding diaryl/α,β-unsaturated/α-hetero) is 5. The van der Waals surface area contributed by atoms with Gasteiger partial charge in [-0.15, -0.1) is 0 Å². The SMILES string of the molecule is C.CC(=O)CC(=O)c1cn(Cc2ccc(F)cc2)cn1.CC(=O)c1cn(Cc2ccc(F)cc2)cn1.O=C(O)C(=O)CC(=O)c1cn(Cc2ccc(F)cc2)cn1.O=C(O)c1cnc[nH]1.O=C(OCc1ccc(F)cc1)c1c[nH]c[n+]1Cc1ccc(F)cc1.O=C(OCc1ccc(F)cc1)c1cn(Cc2ccc(F)cc2)cn1. The molecule has 13 aromatic rings. The predicted molar refractivity (Wildman–Crippen MR) is 392 cm³/mol. The maximum absolute atomic E-state index is 12.9. The lowest BCUT2D eigenvalue weighted by Crippen LogP contribution is -2.38. The molecule has 4 N–H and O–H groups in total. The molecule has 0 saturated carbocycles. The highest BCUT2D eigenvalue weighted by atomic mass is 19.2. The van der Waals surface area contributed by atoms with Crippen molar-refractivity contribution in [2.45, 2.75) is 80.1 Å². The van der Waals surface area contributed by atoms with Crippen molar-refractivity contribution in [1.29, 1.82) is 0 Å². The highest BCUT2D eigenvalue weighted by Crippen LogP contribution is 2.15. The van der Waals surface area contributed by atoms with Crippen LogP contribution in [0, 0.1) is 40.7 Å². The second kappa shape index (κ2) is 42.9.